The molecule has 2 aromatic rings. The van der Waals surface area contributed by atoms with E-state index in [4.69, 9.17) is 9.47 Å². The van der Waals surface area contributed by atoms with Crippen LogP contribution in [-0.4, -0.2) is 45.2 Å². The maximum absolute atomic E-state index is 12.3. The van der Waals surface area contributed by atoms with E-state index in [1.807, 2.05) is 37.3 Å². The zero-order valence-electron chi connectivity index (χ0n) is 18.3. The minimum Gasteiger partial charge on any atom is -0.497 e. The van der Waals surface area contributed by atoms with Crippen molar-refractivity contribution in [2.24, 2.45) is 10.9 Å². The summed E-state index contributed by atoms with van der Waals surface area (Å²) in [4.78, 5) is 17.0. The maximum Gasteiger partial charge on any atom is 0.251 e. The summed E-state index contributed by atoms with van der Waals surface area (Å²) in [6.45, 7) is 5.11. The van der Waals surface area contributed by atoms with E-state index in [2.05, 4.69) is 20.9 Å². The van der Waals surface area contributed by atoms with Crippen LogP contribution in [0.5, 0.6) is 11.5 Å². The van der Waals surface area contributed by atoms with Crippen molar-refractivity contribution in [2.75, 3.05) is 33.4 Å². The third kappa shape index (κ3) is 7.51. The molecule has 166 valence electrons. The molecule has 1 fully saturated rings. The van der Waals surface area contributed by atoms with E-state index in [-0.39, 0.29) is 5.91 Å². The van der Waals surface area contributed by atoms with Gasteiger partial charge in [0.25, 0.3) is 5.91 Å². The molecule has 0 atom stereocenters. The smallest absolute Gasteiger partial charge is 0.251 e. The Morgan fingerprint density at radius 3 is 2.65 bits per heavy atom. The van der Waals surface area contributed by atoms with Crippen LogP contribution in [0.3, 0.4) is 0 Å². The van der Waals surface area contributed by atoms with Crippen LogP contribution in [0, 0.1) is 5.92 Å². The molecule has 7 nitrogen and oxygen atoms in total. The zero-order valence-corrected chi connectivity index (χ0v) is 18.3. The Hall–Kier alpha value is -3.22. The molecular formula is C24H32N4O3. The van der Waals surface area contributed by atoms with Crippen LogP contribution in [-0.2, 0) is 6.54 Å². The van der Waals surface area contributed by atoms with Crippen LogP contribution in [0.2, 0.25) is 0 Å². The standard InChI is InChI=1S/C24H32N4O3/c1-3-25-24(27-14-13-26-23(29)19-8-6-9-21(15-19)30-2)28-16-20-7-4-5-10-22(20)31-17-18-11-12-18/h4-10,15,18H,3,11-14,16-17H2,1-2H3,(H,26,29)(H2,25,27,28). The molecular weight excluding hydrogens is 392 g/mol. The van der Waals surface area contributed by atoms with E-state index in [0.717, 1.165) is 24.5 Å². The van der Waals surface area contributed by atoms with Crippen molar-refractivity contribution in [2.45, 2.75) is 26.3 Å². The topological polar surface area (TPSA) is 84.0 Å². The van der Waals surface area contributed by atoms with Gasteiger partial charge in [0.2, 0.25) is 0 Å². The molecule has 1 aliphatic carbocycles. The van der Waals surface area contributed by atoms with Crippen LogP contribution >= 0.6 is 0 Å². The number of guanidine groups is 1. The largest absolute Gasteiger partial charge is 0.497 e. The summed E-state index contributed by atoms with van der Waals surface area (Å²) < 4.78 is 11.1. The van der Waals surface area contributed by atoms with Crippen molar-refractivity contribution in [3.8, 4) is 11.5 Å². The molecule has 1 aliphatic rings. The monoisotopic (exact) mass is 424 g/mol. The Morgan fingerprint density at radius 1 is 1.06 bits per heavy atom. The van der Waals surface area contributed by atoms with Gasteiger partial charge in [-0.1, -0.05) is 24.3 Å². The highest BCUT2D eigenvalue weighted by Gasteiger charge is 2.22. The van der Waals surface area contributed by atoms with Gasteiger partial charge in [0.1, 0.15) is 11.5 Å². The second kappa shape index (κ2) is 11.8. The fraction of sp³-hybridized carbons (Fsp3) is 0.417. The van der Waals surface area contributed by atoms with Crippen molar-refractivity contribution in [1.29, 1.82) is 0 Å². The number of methoxy groups -OCH3 is 1. The lowest BCUT2D eigenvalue weighted by Crippen LogP contribution is -2.41. The molecule has 0 saturated heterocycles. The third-order valence-electron chi connectivity index (χ3n) is 4.93. The normalized spacial score (nSPS) is 13.4. The van der Waals surface area contributed by atoms with Crippen LogP contribution in [0.1, 0.15) is 35.7 Å². The number of carbonyl (C=O) groups excluding carboxylic acids is 1. The Labute approximate surface area is 184 Å². The van der Waals surface area contributed by atoms with Crippen molar-refractivity contribution in [1.82, 2.24) is 16.0 Å². The first-order chi connectivity index (χ1) is 15.2. The number of nitrogens with one attached hydrogen (secondary N) is 3. The SMILES string of the molecule is CCNC(=NCc1ccccc1OCC1CC1)NCCNC(=O)c1cccc(OC)c1. The van der Waals surface area contributed by atoms with E-state index < -0.39 is 0 Å². The number of benzene rings is 2. The van der Waals surface area contributed by atoms with Crippen LogP contribution in [0.25, 0.3) is 0 Å². The summed E-state index contributed by atoms with van der Waals surface area (Å²) in [5.41, 5.74) is 1.63. The van der Waals surface area contributed by atoms with Gasteiger partial charge in [0.15, 0.2) is 5.96 Å². The zero-order chi connectivity index (χ0) is 21.9. The highest BCUT2D eigenvalue weighted by atomic mass is 16.5. The highest BCUT2D eigenvalue weighted by Crippen LogP contribution is 2.30. The van der Waals surface area contributed by atoms with E-state index in [1.165, 1.54) is 12.8 Å². The molecule has 0 aliphatic heterocycles. The lowest BCUT2D eigenvalue weighted by molar-refractivity contribution is 0.0954. The predicted octanol–water partition coefficient (Wildman–Crippen LogP) is 2.97. The summed E-state index contributed by atoms with van der Waals surface area (Å²) in [5, 5.41) is 9.40. The highest BCUT2D eigenvalue weighted by molar-refractivity contribution is 5.94. The molecule has 3 rings (SSSR count). The lowest BCUT2D eigenvalue weighted by Gasteiger charge is -2.13. The summed E-state index contributed by atoms with van der Waals surface area (Å²) in [6, 6.07) is 15.1. The minimum atomic E-state index is -0.135. The summed E-state index contributed by atoms with van der Waals surface area (Å²) >= 11 is 0. The van der Waals surface area contributed by atoms with E-state index >= 15 is 0 Å². The predicted molar refractivity (Wildman–Crippen MR) is 123 cm³/mol. The molecule has 1 amide bonds. The van der Waals surface area contributed by atoms with Gasteiger partial charge in [-0.2, -0.15) is 0 Å². The molecule has 3 N–H and O–H groups in total. The van der Waals surface area contributed by atoms with Gasteiger partial charge in [-0.3, -0.25) is 4.79 Å². The third-order valence-corrected chi connectivity index (χ3v) is 4.93. The summed E-state index contributed by atoms with van der Waals surface area (Å²) in [7, 11) is 1.58. The van der Waals surface area contributed by atoms with Gasteiger partial charge >= 0.3 is 0 Å². The van der Waals surface area contributed by atoms with Gasteiger partial charge in [0, 0.05) is 30.8 Å². The molecule has 2 aromatic carbocycles. The Bertz CT molecular complexity index is 881. The number of para-hydroxylation sites is 1. The molecule has 0 bridgehead atoms. The number of nitrogens with zero attached hydrogens (tertiary/aromatic N) is 1. The van der Waals surface area contributed by atoms with Crippen LogP contribution < -0.4 is 25.4 Å². The molecule has 0 aromatic heterocycles. The van der Waals surface area contributed by atoms with Crippen molar-refractivity contribution in [3.05, 3.63) is 59.7 Å². The molecule has 31 heavy (non-hydrogen) atoms. The Balaban J connectivity index is 1.48. The maximum atomic E-state index is 12.3. The van der Waals surface area contributed by atoms with Gasteiger partial charge in [-0.25, -0.2) is 4.99 Å². The number of carbonyl (C=O) groups is 1. The quantitative estimate of drug-likeness (QED) is 0.293. The second-order valence-corrected chi connectivity index (χ2v) is 7.47. The Morgan fingerprint density at radius 2 is 1.87 bits per heavy atom. The fourth-order valence-corrected chi connectivity index (χ4v) is 3.00. The van der Waals surface area contributed by atoms with Crippen molar-refractivity contribution < 1.29 is 14.3 Å². The number of rotatable bonds is 11. The van der Waals surface area contributed by atoms with Gasteiger partial charge < -0.3 is 25.4 Å². The number of hydrogen-bond acceptors (Lipinski definition) is 4. The first-order valence-corrected chi connectivity index (χ1v) is 10.8. The first-order valence-electron chi connectivity index (χ1n) is 10.8. The van der Waals surface area contributed by atoms with E-state index in [9.17, 15) is 4.79 Å². The van der Waals surface area contributed by atoms with Crippen molar-refractivity contribution in [3.63, 3.8) is 0 Å². The fourth-order valence-electron chi connectivity index (χ4n) is 3.00. The van der Waals surface area contributed by atoms with Crippen molar-refractivity contribution >= 4 is 11.9 Å². The Kier molecular flexibility index (Phi) is 8.58. The minimum absolute atomic E-state index is 0.135. The van der Waals surface area contributed by atoms with Crippen LogP contribution in [0.4, 0.5) is 0 Å². The first kappa shape index (κ1) is 22.5. The molecule has 1 saturated carbocycles. The summed E-state index contributed by atoms with van der Waals surface area (Å²) in [5.74, 6) is 2.84. The number of aliphatic imine (C=N–C) groups is 1. The lowest BCUT2D eigenvalue weighted by atomic mass is 10.2. The van der Waals surface area contributed by atoms with Crippen LogP contribution in [0.15, 0.2) is 53.5 Å². The number of hydrogen-bond donors (Lipinski definition) is 3. The van der Waals surface area contributed by atoms with Gasteiger partial charge in [-0.15, -0.1) is 0 Å². The summed E-state index contributed by atoms with van der Waals surface area (Å²) in [6.07, 6.45) is 2.53. The molecule has 7 heteroatoms. The van der Waals surface area contributed by atoms with E-state index in [0.29, 0.717) is 42.8 Å². The van der Waals surface area contributed by atoms with E-state index in [1.54, 1.807) is 25.3 Å². The average Bonchev–Trinajstić information content (AvgIpc) is 3.63. The van der Waals surface area contributed by atoms with Gasteiger partial charge in [0.05, 0.1) is 20.3 Å². The average molecular weight is 425 g/mol. The number of ether oxygens (including phenoxy) is 2. The number of amides is 1. The molecule has 0 radical (unpaired) electrons. The molecule has 0 heterocycles. The molecule has 0 spiro atoms. The van der Waals surface area contributed by atoms with Gasteiger partial charge in [-0.05, 0) is 49.9 Å². The second-order valence-electron chi connectivity index (χ2n) is 7.47. The molecule has 0 unspecified atom stereocenters.